The van der Waals surface area contributed by atoms with Crippen molar-refractivity contribution < 1.29 is 14.6 Å². The van der Waals surface area contributed by atoms with E-state index in [1.54, 1.807) is 4.90 Å². The van der Waals surface area contributed by atoms with Gasteiger partial charge in [-0.2, -0.15) is 0 Å². The van der Waals surface area contributed by atoms with Gasteiger partial charge in [-0.3, -0.25) is 25.0 Å². The maximum absolute atomic E-state index is 10.8. The minimum Gasteiger partial charge on any atom is -0.362 e. The van der Waals surface area contributed by atoms with E-state index >= 15 is 0 Å². The Kier molecular flexibility index (Phi) is 2.47. The molecule has 1 fully saturated rings. The number of carbonyl (C=O) groups excluding carboxylic acids is 1. The summed E-state index contributed by atoms with van der Waals surface area (Å²) in [6.45, 7) is 1.30. The van der Waals surface area contributed by atoms with Crippen LogP contribution in [0.1, 0.15) is 10.4 Å². The molecule has 0 amide bonds. The summed E-state index contributed by atoms with van der Waals surface area (Å²) < 4.78 is 0. The molecule has 8 nitrogen and oxygen atoms in total. The van der Waals surface area contributed by atoms with E-state index in [1.807, 2.05) is 0 Å². The van der Waals surface area contributed by atoms with Crippen molar-refractivity contribution >= 4 is 23.3 Å². The standard InChI is InChI=1S/C9H7N3O5/c13-5-6-3-8(10-1-2-10)9(12(16)17)4-7(6)11(14)15/h3-5H,1-2H2. The molecule has 1 aromatic rings. The molecule has 0 unspecified atom stereocenters. The first-order valence-corrected chi connectivity index (χ1v) is 4.71. The van der Waals surface area contributed by atoms with Crippen LogP contribution in [0.3, 0.4) is 0 Å². The quantitative estimate of drug-likeness (QED) is 0.336. The molecule has 1 aliphatic rings. The molecule has 1 aliphatic heterocycles. The topological polar surface area (TPSA) is 106 Å². The number of hydrogen-bond acceptors (Lipinski definition) is 6. The average molecular weight is 237 g/mol. The average Bonchev–Trinajstić information content (AvgIpc) is 3.10. The fraction of sp³-hybridized carbons (Fsp3) is 0.222. The van der Waals surface area contributed by atoms with Gasteiger partial charge in [0, 0.05) is 13.1 Å². The molecule has 0 spiro atoms. The maximum atomic E-state index is 10.8. The van der Waals surface area contributed by atoms with E-state index in [0.29, 0.717) is 19.4 Å². The van der Waals surface area contributed by atoms with Gasteiger partial charge in [-0.25, -0.2) is 0 Å². The normalized spacial score (nSPS) is 13.3. The molecule has 0 bridgehead atoms. The molecule has 1 aromatic carbocycles. The van der Waals surface area contributed by atoms with Crippen LogP contribution < -0.4 is 4.90 Å². The predicted molar refractivity (Wildman–Crippen MR) is 57.4 cm³/mol. The Bertz CT molecular complexity index is 524. The molecular formula is C9H7N3O5. The summed E-state index contributed by atoms with van der Waals surface area (Å²) >= 11 is 0. The molecule has 88 valence electrons. The number of aldehydes is 1. The number of hydrogen-bond donors (Lipinski definition) is 0. The summed E-state index contributed by atoms with van der Waals surface area (Å²) in [5, 5.41) is 21.5. The fourth-order valence-electron chi connectivity index (χ4n) is 1.52. The Morgan fingerprint density at radius 3 is 2.12 bits per heavy atom. The molecule has 0 aromatic heterocycles. The van der Waals surface area contributed by atoms with Crippen LogP contribution in [0.5, 0.6) is 0 Å². The lowest BCUT2D eigenvalue weighted by atomic mass is 10.1. The zero-order valence-electron chi connectivity index (χ0n) is 8.53. The van der Waals surface area contributed by atoms with Gasteiger partial charge in [0.2, 0.25) is 0 Å². The van der Waals surface area contributed by atoms with Crippen molar-refractivity contribution in [1.82, 2.24) is 0 Å². The van der Waals surface area contributed by atoms with E-state index in [-0.39, 0.29) is 16.9 Å². The van der Waals surface area contributed by atoms with Crippen molar-refractivity contribution in [2.24, 2.45) is 0 Å². The minimum atomic E-state index is -0.803. The summed E-state index contributed by atoms with van der Waals surface area (Å²) in [7, 11) is 0. The predicted octanol–water partition coefficient (Wildman–Crippen LogP) is 1.14. The highest BCUT2D eigenvalue weighted by Crippen LogP contribution is 2.36. The summed E-state index contributed by atoms with van der Waals surface area (Å²) in [6.07, 6.45) is 0.328. The van der Waals surface area contributed by atoms with E-state index in [2.05, 4.69) is 0 Å². The number of benzene rings is 1. The Hall–Kier alpha value is -2.51. The second-order valence-corrected chi connectivity index (χ2v) is 3.52. The Morgan fingerprint density at radius 1 is 1.12 bits per heavy atom. The van der Waals surface area contributed by atoms with Gasteiger partial charge in [0.25, 0.3) is 11.4 Å². The van der Waals surface area contributed by atoms with Crippen molar-refractivity contribution in [2.75, 3.05) is 18.0 Å². The van der Waals surface area contributed by atoms with Gasteiger partial charge in [-0.05, 0) is 6.07 Å². The smallest absolute Gasteiger partial charge is 0.299 e. The van der Waals surface area contributed by atoms with Crippen LogP contribution in [0.15, 0.2) is 12.1 Å². The first-order chi connectivity index (χ1) is 8.04. The number of nitro groups is 2. The third kappa shape index (κ3) is 1.92. The van der Waals surface area contributed by atoms with Crippen molar-refractivity contribution in [1.29, 1.82) is 0 Å². The van der Waals surface area contributed by atoms with Crippen LogP contribution in [-0.2, 0) is 0 Å². The largest absolute Gasteiger partial charge is 0.362 e. The molecule has 0 aliphatic carbocycles. The van der Waals surface area contributed by atoms with Crippen molar-refractivity contribution in [3.63, 3.8) is 0 Å². The van der Waals surface area contributed by atoms with Gasteiger partial charge in [-0.1, -0.05) is 0 Å². The van der Waals surface area contributed by atoms with E-state index < -0.39 is 15.5 Å². The number of nitrogens with zero attached hydrogens (tertiary/aromatic N) is 3. The van der Waals surface area contributed by atoms with Crippen LogP contribution in [0.2, 0.25) is 0 Å². The lowest BCUT2D eigenvalue weighted by Crippen LogP contribution is -2.02. The van der Waals surface area contributed by atoms with Crippen molar-refractivity contribution in [2.45, 2.75) is 0 Å². The van der Waals surface area contributed by atoms with Crippen LogP contribution in [-0.4, -0.2) is 29.2 Å². The van der Waals surface area contributed by atoms with E-state index in [9.17, 15) is 25.0 Å². The first-order valence-electron chi connectivity index (χ1n) is 4.71. The highest BCUT2D eigenvalue weighted by Gasteiger charge is 2.31. The SMILES string of the molecule is O=Cc1cc(N2CC2)c([N+](=O)[O-])cc1[N+](=O)[O-]. The summed E-state index contributed by atoms with van der Waals surface area (Å²) in [5.41, 5.74) is -0.790. The van der Waals surface area contributed by atoms with Crippen LogP contribution >= 0.6 is 0 Å². The number of nitro benzene ring substituents is 2. The van der Waals surface area contributed by atoms with Crippen LogP contribution in [0.25, 0.3) is 0 Å². The zero-order chi connectivity index (χ0) is 12.6. The van der Waals surface area contributed by atoms with Gasteiger partial charge < -0.3 is 4.90 Å². The monoisotopic (exact) mass is 237 g/mol. The fourth-order valence-corrected chi connectivity index (χ4v) is 1.52. The second-order valence-electron chi connectivity index (χ2n) is 3.52. The second kappa shape index (κ2) is 3.81. The van der Waals surface area contributed by atoms with E-state index in [0.717, 1.165) is 6.07 Å². The number of carbonyl (C=O) groups is 1. The third-order valence-electron chi connectivity index (χ3n) is 2.43. The molecule has 2 rings (SSSR count). The highest BCUT2D eigenvalue weighted by molar-refractivity contribution is 5.87. The van der Waals surface area contributed by atoms with Crippen molar-refractivity contribution in [3.8, 4) is 0 Å². The highest BCUT2D eigenvalue weighted by atomic mass is 16.6. The number of rotatable bonds is 4. The molecule has 0 saturated carbocycles. The molecule has 0 N–H and O–H groups in total. The van der Waals surface area contributed by atoms with Crippen molar-refractivity contribution in [3.05, 3.63) is 37.9 Å². The summed E-state index contributed by atoms with van der Waals surface area (Å²) in [4.78, 5) is 32.3. The van der Waals surface area contributed by atoms with Gasteiger partial charge in [0.1, 0.15) is 5.69 Å². The van der Waals surface area contributed by atoms with E-state index in [4.69, 9.17) is 0 Å². The molecule has 0 radical (unpaired) electrons. The van der Waals surface area contributed by atoms with E-state index in [1.165, 1.54) is 6.07 Å². The van der Waals surface area contributed by atoms with Gasteiger partial charge >= 0.3 is 0 Å². The number of anilines is 1. The Balaban J connectivity index is 2.64. The third-order valence-corrected chi connectivity index (χ3v) is 2.43. The molecule has 0 atom stereocenters. The van der Waals surface area contributed by atoms with Crippen LogP contribution in [0.4, 0.5) is 17.1 Å². The summed E-state index contributed by atoms with van der Waals surface area (Å²) in [5.74, 6) is 0. The lowest BCUT2D eigenvalue weighted by Gasteiger charge is -2.05. The zero-order valence-corrected chi connectivity index (χ0v) is 8.53. The molecule has 17 heavy (non-hydrogen) atoms. The Labute approximate surface area is 94.7 Å². The molecule has 1 heterocycles. The van der Waals surface area contributed by atoms with Crippen LogP contribution in [0, 0.1) is 20.2 Å². The molecule has 1 saturated heterocycles. The lowest BCUT2D eigenvalue weighted by molar-refractivity contribution is -0.393. The molecular weight excluding hydrogens is 230 g/mol. The Morgan fingerprint density at radius 2 is 1.71 bits per heavy atom. The van der Waals surface area contributed by atoms with Gasteiger partial charge in [0.15, 0.2) is 6.29 Å². The maximum Gasteiger partial charge on any atom is 0.299 e. The first kappa shape index (κ1) is 11.0. The van der Waals surface area contributed by atoms with Gasteiger partial charge in [0.05, 0.1) is 21.5 Å². The minimum absolute atomic E-state index is 0.150. The molecule has 8 heteroatoms. The van der Waals surface area contributed by atoms with Gasteiger partial charge in [-0.15, -0.1) is 0 Å². The summed E-state index contributed by atoms with van der Waals surface area (Å²) in [6, 6.07) is 2.02.